The lowest BCUT2D eigenvalue weighted by Crippen LogP contribution is -2.62. The average molecular weight is 328 g/mol. The fourth-order valence-electron chi connectivity index (χ4n) is 5.43. The molecule has 3 nitrogen and oxygen atoms in total. The van der Waals surface area contributed by atoms with Crippen LogP contribution in [0.15, 0.2) is 24.3 Å². The standard InChI is InChI=1S/C21H33N3/c1-16(2)17-5-3-4-6-18(17)19-15-23-13-14-24(19)20-7-8-21(20)9-11-22-12-10-21/h3-6,16,19-20,22-23H,7-15H2,1-2H3. The van der Waals surface area contributed by atoms with E-state index in [-0.39, 0.29) is 0 Å². The Morgan fingerprint density at radius 2 is 1.83 bits per heavy atom. The molecule has 1 spiro atoms. The summed E-state index contributed by atoms with van der Waals surface area (Å²) in [5, 5.41) is 7.24. The summed E-state index contributed by atoms with van der Waals surface area (Å²) < 4.78 is 0. The van der Waals surface area contributed by atoms with Gasteiger partial charge in [0.1, 0.15) is 0 Å². The normalized spacial score (nSPS) is 30.5. The Bertz CT molecular complexity index is 562. The zero-order chi connectivity index (χ0) is 16.6. The van der Waals surface area contributed by atoms with Crippen molar-refractivity contribution in [1.29, 1.82) is 0 Å². The molecule has 2 N–H and O–H groups in total. The van der Waals surface area contributed by atoms with Gasteiger partial charge in [-0.1, -0.05) is 38.1 Å². The molecule has 3 heteroatoms. The number of piperazine rings is 1. The molecule has 4 rings (SSSR count). The number of piperidine rings is 1. The van der Waals surface area contributed by atoms with Crippen molar-refractivity contribution in [3.05, 3.63) is 35.4 Å². The van der Waals surface area contributed by atoms with Crippen LogP contribution < -0.4 is 10.6 Å². The molecular formula is C21H33N3. The lowest BCUT2D eigenvalue weighted by molar-refractivity contribution is -0.0739. The summed E-state index contributed by atoms with van der Waals surface area (Å²) in [5.74, 6) is 0.596. The molecule has 2 atom stereocenters. The van der Waals surface area contributed by atoms with Gasteiger partial charge in [0.25, 0.3) is 0 Å². The fraction of sp³-hybridized carbons (Fsp3) is 0.714. The van der Waals surface area contributed by atoms with Crippen LogP contribution in [0.4, 0.5) is 0 Å². The van der Waals surface area contributed by atoms with E-state index < -0.39 is 0 Å². The molecule has 1 saturated carbocycles. The second kappa shape index (κ2) is 6.78. The van der Waals surface area contributed by atoms with Crippen molar-refractivity contribution in [2.45, 2.75) is 57.5 Å². The Morgan fingerprint density at radius 3 is 2.54 bits per heavy atom. The summed E-state index contributed by atoms with van der Waals surface area (Å²) in [5.41, 5.74) is 3.71. The molecule has 2 heterocycles. The summed E-state index contributed by atoms with van der Waals surface area (Å²) >= 11 is 0. The first-order valence-corrected chi connectivity index (χ1v) is 9.97. The van der Waals surface area contributed by atoms with Crippen LogP contribution in [-0.2, 0) is 0 Å². The Labute approximate surface area is 147 Å². The van der Waals surface area contributed by atoms with Crippen LogP contribution in [0.25, 0.3) is 0 Å². The SMILES string of the molecule is CC(C)c1ccccc1C1CNCCN1C1CCC12CCNCC2. The first kappa shape index (κ1) is 16.6. The molecule has 3 aliphatic rings. The molecule has 0 bridgehead atoms. The molecule has 2 aliphatic heterocycles. The molecule has 1 aromatic rings. The minimum absolute atomic E-state index is 0.550. The van der Waals surface area contributed by atoms with E-state index in [1.165, 1.54) is 50.9 Å². The largest absolute Gasteiger partial charge is 0.317 e. The first-order valence-electron chi connectivity index (χ1n) is 9.97. The summed E-state index contributed by atoms with van der Waals surface area (Å²) in [6.07, 6.45) is 5.60. The molecule has 2 unspecified atom stereocenters. The molecule has 2 saturated heterocycles. The third-order valence-corrected chi connectivity index (χ3v) is 6.88. The lowest BCUT2D eigenvalue weighted by Gasteiger charge is -2.59. The van der Waals surface area contributed by atoms with Gasteiger partial charge in [-0.2, -0.15) is 0 Å². The van der Waals surface area contributed by atoms with Gasteiger partial charge in [0.15, 0.2) is 0 Å². The summed E-state index contributed by atoms with van der Waals surface area (Å²) in [6, 6.07) is 10.5. The molecular weight excluding hydrogens is 294 g/mol. The number of nitrogens with one attached hydrogen (secondary N) is 2. The Hall–Kier alpha value is -0.900. The summed E-state index contributed by atoms with van der Waals surface area (Å²) in [4.78, 5) is 2.88. The van der Waals surface area contributed by atoms with Crippen LogP contribution in [0.2, 0.25) is 0 Å². The van der Waals surface area contributed by atoms with Crippen LogP contribution in [0.5, 0.6) is 0 Å². The highest BCUT2D eigenvalue weighted by Crippen LogP contribution is 2.52. The fourth-order valence-corrected chi connectivity index (χ4v) is 5.43. The van der Waals surface area contributed by atoms with Gasteiger partial charge < -0.3 is 10.6 Å². The minimum atomic E-state index is 0.550. The number of rotatable bonds is 3. The van der Waals surface area contributed by atoms with Crippen molar-refractivity contribution >= 4 is 0 Å². The van der Waals surface area contributed by atoms with E-state index in [1.54, 1.807) is 5.56 Å². The molecule has 0 amide bonds. The van der Waals surface area contributed by atoms with E-state index in [1.807, 2.05) is 0 Å². The number of benzene rings is 1. The van der Waals surface area contributed by atoms with Crippen molar-refractivity contribution in [2.24, 2.45) is 5.41 Å². The molecule has 3 fully saturated rings. The van der Waals surface area contributed by atoms with Crippen molar-refractivity contribution in [2.75, 3.05) is 32.7 Å². The van der Waals surface area contributed by atoms with Crippen molar-refractivity contribution in [3.63, 3.8) is 0 Å². The number of hydrogen-bond donors (Lipinski definition) is 2. The third-order valence-electron chi connectivity index (χ3n) is 6.88. The van der Waals surface area contributed by atoms with E-state index in [9.17, 15) is 0 Å². The van der Waals surface area contributed by atoms with Crippen molar-refractivity contribution in [3.8, 4) is 0 Å². The zero-order valence-corrected chi connectivity index (χ0v) is 15.4. The molecule has 132 valence electrons. The number of nitrogens with zero attached hydrogens (tertiary/aromatic N) is 1. The lowest BCUT2D eigenvalue weighted by atomic mass is 9.58. The quantitative estimate of drug-likeness (QED) is 0.892. The second-order valence-electron chi connectivity index (χ2n) is 8.41. The van der Waals surface area contributed by atoms with Crippen molar-refractivity contribution < 1.29 is 0 Å². The second-order valence-corrected chi connectivity index (χ2v) is 8.41. The van der Waals surface area contributed by atoms with Gasteiger partial charge in [0.2, 0.25) is 0 Å². The Balaban J connectivity index is 1.62. The first-order chi connectivity index (χ1) is 11.7. The third kappa shape index (κ3) is 2.81. The molecule has 0 radical (unpaired) electrons. The maximum absolute atomic E-state index is 3.67. The summed E-state index contributed by atoms with van der Waals surface area (Å²) in [7, 11) is 0. The van der Waals surface area contributed by atoms with Gasteiger partial charge >= 0.3 is 0 Å². The molecule has 1 aromatic carbocycles. The monoisotopic (exact) mass is 327 g/mol. The maximum atomic E-state index is 3.67. The molecule has 24 heavy (non-hydrogen) atoms. The predicted octanol–water partition coefficient (Wildman–Crippen LogP) is 3.29. The van der Waals surface area contributed by atoms with Crippen LogP contribution in [-0.4, -0.2) is 43.7 Å². The summed E-state index contributed by atoms with van der Waals surface area (Å²) in [6.45, 7) is 10.6. The van der Waals surface area contributed by atoms with Gasteiger partial charge in [0, 0.05) is 31.7 Å². The van der Waals surface area contributed by atoms with E-state index in [2.05, 4.69) is 53.6 Å². The van der Waals surface area contributed by atoms with E-state index >= 15 is 0 Å². The van der Waals surface area contributed by atoms with E-state index in [0.717, 1.165) is 19.1 Å². The molecule has 0 aromatic heterocycles. The predicted molar refractivity (Wildman–Crippen MR) is 100 cm³/mol. The smallest absolute Gasteiger partial charge is 0.0479 e. The van der Waals surface area contributed by atoms with E-state index in [0.29, 0.717) is 17.4 Å². The van der Waals surface area contributed by atoms with E-state index in [4.69, 9.17) is 0 Å². The van der Waals surface area contributed by atoms with Gasteiger partial charge in [-0.3, -0.25) is 4.90 Å². The topological polar surface area (TPSA) is 27.3 Å². The van der Waals surface area contributed by atoms with Crippen LogP contribution in [0.3, 0.4) is 0 Å². The highest BCUT2D eigenvalue weighted by Gasteiger charge is 2.51. The molecule has 1 aliphatic carbocycles. The van der Waals surface area contributed by atoms with Gasteiger partial charge in [-0.15, -0.1) is 0 Å². The van der Waals surface area contributed by atoms with Crippen molar-refractivity contribution in [1.82, 2.24) is 15.5 Å². The maximum Gasteiger partial charge on any atom is 0.0479 e. The Morgan fingerprint density at radius 1 is 1.04 bits per heavy atom. The Kier molecular flexibility index (Phi) is 4.68. The van der Waals surface area contributed by atoms with Gasteiger partial charge in [0.05, 0.1) is 0 Å². The minimum Gasteiger partial charge on any atom is -0.317 e. The highest BCUT2D eigenvalue weighted by molar-refractivity contribution is 5.33. The van der Waals surface area contributed by atoms with Crippen LogP contribution >= 0.6 is 0 Å². The van der Waals surface area contributed by atoms with Gasteiger partial charge in [-0.05, 0) is 61.2 Å². The van der Waals surface area contributed by atoms with Gasteiger partial charge in [-0.25, -0.2) is 0 Å². The average Bonchev–Trinajstić information content (AvgIpc) is 2.62. The number of hydrogen-bond acceptors (Lipinski definition) is 3. The zero-order valence-electron chi connectivity index (χ0n) is 15.4. The van der Waals surface area contributed by atoms with Crippen LogP contribution in [0.1, 0.15) is 62.6 Å². The van der Waals surface area contributed by atoms with Crippen LogP contribution in [0, 0.1) is 5.41 Å². The highest BCUT2D eigenvalue weighted by atomic mass is 15.3.